The number of ether oxygens (including phenoxy) is 1. The molecule has 1 fully saturated rings. The van der Waals surface area contributed by atoms with Gasteiger partial charge in [0.15, 0.2) is 5.96 Å². The van der Waals surface area contributed by atoms with E-state index in [0.29, 0.717) is 5.92 Å². The summed E-state index contributed by atoms with van der Waals surface area (Å²) in [5.41, 5.74) is 1.16. The lowest BCUT2D eigenvalue weighted by Crippen LogP contribution is -2.40. The zero-order valence-electron chi connectivity index (χ0n) is 15.9. The van der Waals surface area contributed by atoms with Crippen LogP contribution in [0.4, 0.5) is 0 Å². The molecular weight excluding hydrogens is 334 g/mol. The second kappa shape index (κ2) is 11.4. The quantitative estimate of drug-likeness (QED) is 0.516. The molecule has 1 saturated heterocycles. The summed E-state index contributed by atoms with van der Waals surface area (Å²) >= 11 is 1.71. The maximum absolute atomic E-state index is 5.16. The first-order valence-electron chi connectivity index (χ1n) is 9.35. The summed E-state index contributed by atoms with van der Waals surface area (Å²) in [7, 11) is 1.77. The molecule has 0 spiro atoms. The van der Waals surface area contributed by atoms with Crippen LogP contribution >= 0.6 is 11.3 Å². The minimum absolute atomic E-state index is 0.690. The monoisotopic (exact) mass is 367 g/mol. The van der Waals surface area contributed by atoms with E-state index in [4.69, 9.17) is 9.73 Å². The lowest BCUT2D eigenvalue weighted by atomic mass is 9.97. The third kappa shape index (κ3) is 7.71. The third-order valence-corrected chi connectivity index (χ3v) is 5.33. The number of thiazole rings is 1. The molecule has 25 heavy (non-hydrogen) atoms. The van der Waals surface area contributed by atoms with E-state index in [-0.39, 0.29) is 0 Å². The fourth-order valence-electron chi connectivity index (χ4n) is 3.01. The Kier molecular flexibility index (Phi) is 9.21. The maximum atomic E-state index is 5.16. The minimum Gasteiger partial charge on any atom is -0.383 e. The zero-order valence-corrected chi connectivity index (χ0v) is 16.7. The molecule has 7 heteroatoms. The number of hydrogen-bond acceptors (Lipinski definition) is 5. The summed E-state index contributed by atoms with van der Waals surface area (Å²) in [5, 5.41) is 10.0. The summed E-state index contributed by atoms with van der Waals surface area (Å²) < 4.78 is 5.16. The number of methoxy groups -OCH3 is 1. The van der Waals surface area contributed by atoms with Gasteiger partial charge in [0.2, 0.25) is 0 Å². The van der Waals surface area contributed by atoms with E-state index in [0.717, 1.165) is 69.0 Å². The number of hydrogen-bond donors (Lipinski definition) is 2. The second-order valence-electron chi connectivity index (χ2n) is 6.53. The Morgan fingerprint density at radius 3 is 2.84 bits per heavy atom. The molecule has 1 aromatic rings. The minimum atomic E-state index is 0.690. The molecule has 2 N–H and O–H groups in total. The number of nitrogens with one attached hydrogen (secondary N) is 2. The van der Waals surface area contributed by atoms with Crippen LogP contribution in [0, 0.1) is 12.8 Å². The van der Waals surface area contributed by atoms with Crippen LogP contribution in [0.25, 0.3) is 0 Å². The van der Waals surface area contributed by atoms with Crippen molar-refractivity contribution in [2.24, 2.45) is 10.9 Å². The van der Waals surface area contributed by atoms with Crippen LogP contribution in [-0.2, 0) is 11.2 Å². The molecular formula is C18H33N5OS. The molecule has 0 saturated carbocycles. The predicted octanol–water partition coefficient (Wildman–Crippen LogP) is 1.91. The van der Waals surface area contributed by atoms with Gasteiger partial charge in [-0.3, -0.25) is 4.99 Å². The van der Waals surface area contributed by atoms with Gasteiger partial charge in [-0.15, -0.1) is 11.3 Å². The number of rotatable bonds is 9. The fraction of sp³-hybridized carbons (Fsp3) is 0.778. The van der Waals surface area contributed by atoms with Gasteiger partial charge in [0.1, 0.15) is 0 Å². The Labute approximate surface area is 156 Å². The highest BCUT2D eigenvalue weighted by Gasteiger charge is 2.18. The molecule has 0 amide bonds. The van der Waals surface area contributed by atoms with Crippen LogP contribution in [0.1, 0.15) is 30.5 Å². The van der Waals surface area contributed by atoms with Crippen molar-refractivity contribution in [3.8, 4) is 0 Å². The summed E-state index contributed by atoms with van der Waals surface area (Å²) in [6.07, 6.45) is 3.39. The third-order valence-electron chi connectivity index (χ3n) is 4.51. The molecule has 1 aliphatic rings. The standard InChI is InChI=1S/C18H33N5OS/c1-4-19-18(20-8-5-17-14-25-15(2)22-17)21-13-16-6-9-23(10-7-16)11-12-24-3/h14,16H,4-13H2,1-3H3,(H2,19,20,21). The Hall–Kier alpha value is -1.18. The molecule has 0 aliphatic carbocycles. The first kappa shape index (κ1) is 20.1. The molecule has 2 heterocycles. The van der Waals surface area contributed by atoms with E-state index in [1.807, 2.05) is 6.92 Å². The van der Waals surface area contributed by atoms with Gasteiger partial charge < -0.3 is 20.3 Å². The summed E-state index contributed by atoms with van der Waals surface area (Å²) in [5.74, 6) is 1.62. The summed E-state index contributed by atoms with van der Waals surface area (Å²) in [6.45, 7) is 11.0. The van der Waals surface area contributed by atoms with Crippen molar-refractivity contribution in [3.05, 3.63) is 16.1 Å². The first-order chi connectivity index (χ1) is 12.2. The van der Waals surface area contributed by atoms with Crippen molar-refractivity contribution < 1.29 is 4.74 Å². The number of aromatic nitrogens is 1. The van der Waals surface area contributed by atoms with E-state index < -0.39 is 0 Å². The van der Waals surface area contributed by atoms with Gasteiger partial charge in [0.25, 0.3) is 0 Å². The SMILES string of the molecule is CCNC(=NCC1CCN(CCOC)CC1)NCCc1csc(C)n1. The summed E-state index contributed by atoms with van der Waals surface area (Å²) in [6, 6.07) is 0. The van der Waals surface area contributed by atoms with E-state index in [9.17, 15) is 0 Å². The molecule has 0 unspecified atom stereocenters. The van der Waals surface area contributed by atoms with Crippen LogP contribution in [-0.4, -0.2) is 68.8 Å². The first-order valence-corrected chi connectivity index (χ1v) is 10.2. The van der Waals surface area contributed by atoms with E-state index in [1.54, 1.807) is 18.4 Å². The average molecular weight is 368 g/mol. The van der Waals surface area contributed by atoms with Gasteiger partial charge in [-0.05, 0) is 45.7 Å². The van der Waals surface area contributed by atoms with Crippen LogP contribution in [0.5, 0.6) is 0 Å². The van der Waals surface area contributed by atoms with Gasteiger partial charge in [-0.25, -0.2) is 4.98 Å². The molecule has 6 nitrogen and oxygen atoms in total. The van der Waals surface area contributed by atoms with Crippen molar-refractivity contribution >= 4 is 17.3 Å². The van der Waals surface area contributed by atoms with Crippen molar-refractivity contribution in [2.75, 3.05) is 53.0 Å². The number of likely N-dealkylation sites (tertiary alicyclic amines) is 1. The highest BCUT2D eigenvalue weighted by molar-refractivity contribution is 7.09. The highest BCUT2D eigenvalue weighted by Crippen LogP contribution is 2.17. The predicted molar refractivity (Wildman–Crippen MR) is 106 cm³/mol. The van der Waals surface area contributed by atoms with Crippen LogP contribution in [0.2, 0.25) is 0 Å². The highest BCUT2D eigenvalue weighted by atomic mass is 32.1. The molecule has 2 rings (SSSR count). The Bertz CT molecular complexity index is 511. The van der Waals surface area contributed by atoms with Crippen molar-refractivity contribution in [1.29, 1.82) is 0 Å². The van der Waals surface area contributed by atoms with E-state index in [1.165, 1.54) is 12.8 Å². The van der Waals surface area contributed by atoms with Crippen LogP contribution in [0.3, 0.4) is 0 Å². The normalized spacial score (nSPS) is 17.0. The van der Waals surface area contributed by atoms with Crippen LogP contribution < -0.4 is 10.6 Å². The molecule has 0 radical (unpaired) electrons. The van der Waals surface area contributed by atoms with Crippen LogP contribution in [0.15, 0.2) is 10.4 Å². The molecule has 1 aromatic heterocycles. The zero-order chi connectivity index (χ0) is 17.9. The van der Waals surface area contributed by atoms with Gasteiger partial charge >= 0.3 is 0 Å². The largest absolute Gasteiger partial charge is 0.383 e. The van der Waals surface area contributed by atoms with E-state index in [2.05, 4.69) is 32.8 Å². The van der Waals surface area contributed by atoms with Crippen molar-refractivity contribution in [3.63, 3.8) is 0 Å². The van der Waals surface area contributed by atoms with Gasteiger partial charge in [0.05, 0.1) is 17.3 Å². The smallest absolute Gasteiger partial charge is 0.191 e. The number of guanidine groups is 1. The Balaban J connectivity index is 1.70. The van der Waals surface area contributed by atoms with Gasteiger partial charge in [-0.1, -0.05) is 0 Å². The van der Waals surface area contributed by atoms with Gasteiger partial charge in [-0.2, -0.15) is 0 Å². The van der Waals surface area contributed by atoms with Crippen molar-refractivity contribution in [2.45, 2.75) is 33.1 Å². The Morgan fingerprint density at radius 2 is 2.20 bits per heavy atom. The number of piperidine rings is 1. The fourth-order valence-corrected chi connectivity index (χ4v) is 3.65. The summed E-state index contributed by atoms with van der Waals surface area (Å²) in [4.78, 5) is 11.8. The number of aryl methyl sites for hydroxylation is 1. The average Bonchev–Trinajstić information content (AvgIpc) is 3.04. The lowest BCUT2D eigenvalue weighted by molar-refractivity contribution is 0.121. The number of nitrogens with zero attached hydrogens (tertiary/aromatic N) is 3. The second-order valence-corrected chi connectivity index (χ2v) is 7.59. The van der Waals surface area contributed by atoms with Crippen molar-refractivity contribution in [1.82, 2.24) is 20.5 Å². The van der Waals surface area contributed by atoms with E-state index >= 15 is 0 Å². The molecule has 0 aromatic carbocycles. The molecule has 0 bridgehead atoms. The molecule has 142 valence electrons. The molecule has 0 atom stereocenters. The topological polar surface area (TPSA) is 61.8 Å². The molecule has 1 aliphatic heterocycles. The number of aliphatic imine (C=N–C) groups is 1. The van der Waals surface area contributed by atoms with Gasteiger partial charge in [0, 0.05) is 45.1 Å². The Morgan fingerprint density at radius 1 is 1.40 bits per heavy atom. The maximum Gasteiger partial charge on any atom is 0.191 e. The lowest BCUT2D eigenvalue weighted by Gasteiger charge is -2.31.